The summed E-state index contributed by atoms with van der Waals surface area (Å²) in [4.78, 5) is 0. The molecule has 1 aromatic rings. The summed E-state index contributed by atoms with van der Waals surface area (Å²) in [6.07, 6.45) is -10.1. The van der Waals surface area contributed by atoms with E-state index >= 15 is 0 Å². The molecule has 0 fully saturated rings. The highest BCUT2D eigenvalue weighted by atomic mass is 19.4. The van der Waals surface area contributed by atoms with Gasteiger partial charge < -0.3 is 0 Å². The third-order valence-electron chi connectivity index (χ3n) is 2.06. The van der Waals surface area contributed by atoms with Crippen LogP contribution in [0.5, 0.6) is 0 Å². The fourth-order valence-electron chi connectivity index (χ4n) is 1.29. The minimum absolute atomic E-state index is 0.00727. The van der Waals surface area contributed by atoms with E-state index in [4.69, 9.17) is 0 Å². The topological polar surface area (TPSA) is 0 Å². The predicted molar refractivity (Wildman–Crippen MR) is 45.9 cm³/mol. The van der Waals surface area contributed by atoms with Gasteiger partial charge in [-0.1, -0.05) is 6.07 Å². The normalized spacial score (nSPS) is 12.9. The molecular formula is C10H8F6. The van der Waals surface area contributed by atoms with Crippen LogP contribution in [-0.2, 0) is 12.6 Å². The Morgan fingerprint density at radius 1 is 1.00 bits per heavy atom. The molecule has 0 heterocycles. The number of hydrogen-bond donors (Lipinski definition) is 0. The lowest BCUT2D eigenvalue weighted by Gasteiger charge is -2.12. The summed E-state index contributed by atoms with van der Waals surface area (Å²) in [6, 6.07) is 2.25. The lowest BCUT2D eigenvalue weighted by molar-refractivity contribution is -0.137. The first-order valence-corrected chi connectivity index (χ1v) is 4.33. The van der Waals surface area contributed by atoms with Crippen molar-refractivity contribution < 1.29 is 26.3 Å². The van der Waals surface area contributed by atoms with Gasteiger partial charge in [-0.3, -0.25) is 0 Å². The van der Waals surface area contributed by atoms with E-state index in [1.165, 1.54) is 6.92 Å². The van der Waals surface area contributed by atoms with E-state index in [0.717, 1.165) is 12.1 Å². The molecule has 1 rings (SSSR count). The Morgan fingerprint density at radius 3 is 1.94 bits per heavy atom. The molecule has 0 amide bonds. The molecular weight excluding hydrogens is 234 g/mol. The smallest absolute Gasteiger partial charge is 0.171 e. The van der Waals surface area contributed by atoms with Crippen molar-refractivity contribution in [3.8, 4) is 0 Å². The zero-order valence-electron chi connectivity index (χ0n) is 8.21. The molecule has 1 aromatic carbocycles. The van der Waals surface area contributed by atoms with Crippen molar-refractivity contribution in [1.82, 2.24) is 0 Å². The fraction of sp³-hybridized carbons (Fsp3) is 0.400. The second kappa shape index (κ2) is 3.99. The van der Waals surface area contributed by atoms with Crippen molar-refractivity contribution >= 4 is 0 Å². The molecule has 90 valence electrons. The monoisotopic (exact) mass is 242 g/mol. The lowest BCUT2D eigenvalue weighted by Crippen LogP contribution is -2.13. The maximum Gasteiger partial charge on any atom is 0.416 e. The standard InChI is InChI=1S/C10H8F6/c1-6-4-8(10(14,15)16)3-2-7(6)5-9(11,12)13/h2-4H,5H2,1H3. The Kier molecular flexibility index (Phi) is 3.21. The Hall–Kier alpha value is -1.20. The number of benzene rings is 1. The molecule has 0 radical (unpaired) electrons. The summed E-state index contributed by atoms with van der Waals surface area (Å²) in [7, 11) is 0. The molecule has 0 bridgehead atoms. The van der Waals surface area contributed by atoms with Gasteiger partial charge in [0.15, 0.2) is 0 Å². The van der Waals surface area contributed by atoms with Gasteiger partial charge in [0.25, 0.3) is 0 Å². The molecule has 0 aliphatic heterocycles. The van der Waals surface area contributed by atoms with Crippen LogP contribution >= 0.6 is 0 Å². The summed E-state index contributed by atoms with van der Waals surface area (Å²) in [6.45, 7) is 1.23. The first kappa shape index (κ1) is 12.9. The second-order valence-electron chi connectivity index (χ2n) is 3.43. The number of aryl methyl sites for hydroxylation is 1. The van der Waals surface area contributed by atoms with E-state index in [2.05, 4.69) is 0 Å². The number of halogens is 6. The van der Waals surface area contributed by atoms with Crippen LogP contribution in [0, 0.1) is 6.92 Å². The summed E-state index contributed by atoms with van der Waals surface area (Å²) in [5.74, 6) is 0. The van der Waals surface area contributed by atoms with Gasteiger partial charge in [-0.15, -0.1) is 0 Å². The van der Waals surface area contributed by atoms with Crippen molar-refractivity contribution in [3.63, 3.8) is 0 Å². The lowest BCUT2D eigenvalue weighted by atomic mass is 10.0. The molecule has 0 saturated carbocycles. The average molecular weight is 242 g/mol. The van der Waals surface area contributed by atoms with Gasteiger partial charge in [0.05, 0.1) is 12.0 Å². The van der Waals surface area contributed by atoms with E-state index in [-0.39, 0.29) is 11.1 Å². The quantitative estimate of drug-likeness (QED) is 0.650. The number of hydrogen-bond acceptors (Lipinski definition) is 0. The fourth-order valence-corrected chi connectivity index (χ4v) is 1.29. The first-order chi connectivity index (χ1) is 7.09. The van der Waals surface area contributed by atoms with Crippen molar-refractivity contribution in [1.29, 1.82) is 0 Å². The van der Waals surface area contributed by atoms with Crippen molar-refractivity contribution in [2.45, 2.75) is 25.7 Å². The van der Waals surface area contributed by atoms with Crippen LogP contribution in [0.2, 0.25) is 0 Å². The third-order valence-corrected chi connectivity index (χ3v) is 2.06. The van der Waals surface area contributed by atoms with Gasteiger partial charge in [0.1, 0.15) is 0 Å². The first-order valence-electron chi connectivity index (χ1n) is 4.33. The van der Waals surface area contributed by atoms with Crippen LogP contribution in [0.4, 0.5) is 26.3 Å². The van der Waals surface area contributed by atoms with Gasteiger partial charge in [0, 0.05) is 0 Å². The SMILES string of the molecule is Cc1cc(C(F)(F)F)ccc1CC(F)(F)F. The van der Waals surface area contributed by atoms with E-state index in [0.29, 0.717) is 6.07 Å². The maximum atomic E-state index is 12.2. The molecule has 0 aromatic heterocycles. The van der Waals surface area contributed by atoms with Crippen molar-refractivity contribution in [3.05, 3.63) is 34.9 Å². The Morgan fingerprint density at radius 2 is 1.56 bits per heavy atom. The van der Waals surface area contributed by atoms with Gasteiger partial charge in [0.2, 0.25) is 0 Å². The van der Waals surface area contributed by atoms with Gasteiger partial charge in [-0.25, -0.2) is 0 Å². The molecule has 6 heteroatoms. The Bertz CT molecular complexity index is 374. The highest BCUT2D eigenvalue weighted by Gasteiger charge is 2.32. The van der Waals surface area contributed by atoms with E-state index < -0.39 is 24.3 Å². The molecule has 0 aliphatic rings. The molecule has 0 saturated heterocycles. The van der Waals surface area contributed by atoms with Crippen LogP contribution in [0.25, 0.3) is 0 Å². The second-order valence-corrected chi connectivity index (χ2v) is 3.43. The van der Waals surface area contributed by atoms with Crippen molar-refractivity contribution in [2.75, 3.05) is 0 Å². The van der Waals surface area contributed by atoms with E-state index in [1.54, 1.807) is 0 Å². The van der Waals surface area contributed by atoms with Crippen LogP contribution in [-0.4, -0.2) is 6.18 Å². The van der Waals surface area contributed by atoms with Crippen LogP contribution in [0.15, 0.2) is 18.2 Å². The molecule has 0 nitrogen and oxygen atoms in total. The van der Waals surface area contributed by atoms with Crippen LogP contribution in [0.1, 0.15) is 16.7 Å². The van der Waals surface area contributed by atoms with Crippen molar-refractivity contribution in [2.24, 2.45) is 0 Å². The summed E-state index contributed by atoms with van der Waals surface area (Å²) >= 11 is 0. The molecule has 0 spiro atoms. The molecule has 0 N–H and O–H groups in total. The zero-order valence-corrected chi connectivity index (χ0v) is 8.21. The molecule has 16 heavy (non-hydrogen) atoms. The average Bonchev–Trinajstić information content (AvgIpc) is 2.04. The zero-order chi connectivity index (χ0) is 12.6. The minimum Gasteiger partial charge on any atom is -0.171 e. The van der Waals surface area contributed by atoms with E-state index in [9.17, 15) is 26.3 Å². The van der Waals surface area contributed by atoms with E-state index in [1.807, 2.05) is 0 Å². The Labute approximate surface area is 87.9 Å². The Balaban J connectivity index is 3.01. The summed E-state index contributed by atoms with van der Waals surface area (Å²) in [5.41, 5.74) is -1.08. The van der Waals surface area contributed by atoms with Gasteiger partial charge in [-0.05, 0) is 30.2 Å². The number of rotatable bonds is 1. The third kappa shape index (κ3) is 3.43. The summed E-state index contributed by atoms with van der Waals surface area (Å²) in [5, 5.41) is 0. The highest BCUT2D eigenvalue weighted by molar-refractivity contribution is 5.33. The molecule has 0 atom stereocenters. The van der Waals surface area contributed by atoms with Crippen LogP contribution < -0.4 is 0 Å². The van der Waals surface area contributed by atoms with Gasteiger partial charge in [-0.2, -0.15) is 26.3 Å². The molecule has 0 unspecified atom stereocenters. The van der Waals surface area contributed by atoms with Gasteiger partial charge >= 0.3 is 12.4 Å². The minimum atomic E-state index is -4.53. The molecule has 0 aliphatic carbocycles. The summed E-state index contributed by atoms with van der Waals surface area (Å²) < 4.78 is 72.7. The number of alkyl halides is 6. The largest absolute Gasteiger partial charge is 0.416 e. The predicted octanol–water partition coefficient (Wildman–Crippen LogP) is 4.12. The van der Waals surface area contributed by atoms with Crippen LogP contribution in [0.3, 0.4) is 0 Å². The highest BCUT2D eigenvalue weighted by Crippen LogP contribution is 2.31. The maximum absolute atomic E-state index is 12.2.